The van der Waals surface area contributed by atoms with Gasteiger partial charge in [-0.25, -0.2) is 9.78 Å². The lowest BCUT2D eigenvalue weighted by atomic mass is 10.2. The Morgan fingerprint density at radius 2 is 1.75 bits per heavy atom. The van der Waals surface area contributed by atoms with Crippen LogP contribution in [0.2, 0.25) is 0 Å². The zero-order valence-corrected chi connectivity index (χ0v) is 11.5. The first-order valence-corrected chi connectivity index (χ1v) is 6.97. The third-order valence-corrected chi connectivity index (χ3v) is 3.35. The van der Waals surface area contributed by atoms with E-state index in [1.54, 1.807) is 23.9 Å². The van der Waals surface area contributed by atoms with Crippen molar-refractivity contribution in [3.8, 4) is 0 Å². The molecule has 2 rings (SSSR count). The number of pyridine rings is 1. The summed E-state index contributed by atoms with van der Waals surface area (Å²) in [5.74, 6) is -1.02. The monoisotopic (exact) mass is 288 g/mol. The van der Waals surface area contributed by atoms with E-state index >= 15 is 0 Å². The highest BCUT2D eigenvalue weighted by molar-refractivity contribution is 7.98. The number of aromatic nitrogens is 1. The van der Waals surface area contributed by atoms with Gasteiger partial charge in [-0.15, -0.1) is 11.8 Å². The van der Waals surface area contributed by atoms with Crippen molar-refractivity contribution in [2.45, 2.75) is 4.90 Å². The molecule has 1 heterocycles. The molecule has 0 spiro atoms. The van der Waals surface area contributed by atoms with Gasteiger partial charge in [0, 0.05) is 16.7 Å². The van der Waals surface area contributed by atoms with E-state index in [4.69, 9.17) is 5.11 Å². The molecule has 20 heavy (non-hydrogen) atoms. The highest BCUT2D eigenvalue weighted by atomic mass is 32.2. The average molecular weight is 288 g/mol. The topological polar surface area (TPSA) is 79.3 Å². The molecule has 0 aliphatic heterocycles. The Morgan fingerprint density at radius 1 is 1.10 bits per heavy atom. The Kier molecular flexibility index (Phi) is 4.37. The molecule has 0 bridgehead atoms. The number of rotatable bonds is 4. The third-order valence-electron chi connectivity index (χ3n) is 2.60. The molecule has 0 radical (unpaired) electrons. The number of thioether (sulfide) groups is 1. The van der Waals surface area contributed by atoms with E-state index in [9.17, 15) is 9.59 Å². The van der Waals surface area contributed by atoms with Crippen LogP contribution in [-0.2, 0) is 0 Å². The number of carbonyl (C=O) groups is 2. The largest absolute Gasteiger partial charge is 0.478 e. The molecule has 1 aromatic heterocycles. The number of hydrogen-bond donors (Lipinski definition) is 2. The highest BCUT2D eigenvalue weighted by Crippen LogP contribution is 2.15. The van der Waals surface area contributed by atoms with Crippen LogP contribution in [0.1, 0.15) is 20.7 Å². The van der Waals surface area contributed by atoms with Crippen molar-refractivity contribution < 1.29 is 14.7 Å². The van der Waals surface area contributed by atoms with Gasteiger partial charge >= 0.3 is 5.97 Å². The van der Waals surface area contributed by atoms with Crippen molar-refractivity contribution in [3.05, 3.63) is 53.7 Å². The molecule has 6 heteroatoms. The van der Waals surface area contributed by atoms with E-state index in [0.717, 1.165) is 4.90 Å². The predicted octanol–water partition coefficient (Wildman–Crippen LogP) is 2.75. The molecular weight excluding hydrogens is 276 g/mol. The van der Waals surface area contributed by atoms with Gasteiger partial charge in [0.25, 0.3) is 5.91 Å². The Bertz CT molecular complexity index is 624. The summed E-state index contributed by atoms with van der Waals surface area (Å²) in [5, 5.41) is 11.4. The molecule has 0 atom stereocenters. The molecule has 102 valence electrons. The van der Waals surface area contributed by atoms with Crippen LogP contribution >= 0.6 is 11.8 Å². The highest BCUT2D eigenvalue weighted by Gasteiger charge is 2.08. The Balaban J connectivity index is 2.08. The number of aromatic carboxylic acids is 1. The van der Waals surface area contributed by atoms with Crippen molar-refractivity contribution in [2.24, 2.45) is 0 Å². The van der Waals surface area contributed by atoms with E-state index in [-0.39, 0.29) is 11.5 Å². The van der Waals surface area contributed by atoms with Crippen LogP contribution in [0, 0.1) is 0 Å². The quantitative estimate of drug-likeness (QED) is 0.846. The first-order chi connectivity index (χ1) is 9.60. The lowest BCUT2D eigenvalue weighted by Crippen LogP contribution is -2.13. The molecular formula is C14H12N2O3S. The molecule has 0 saturated heterocycles. The number of anilines is 1. The maximum atomic E-state index is 12.0. The minimum atomic E-state index is -1.05. The predicted molar refractivity (Wildman–Crippen MR) is 77.4 cm³/mol. The summed E-state index contributed by atoms with van der Waals surface area (Å²) in [6.45, 7) is 0. The average Bonchev–Trinajstić information content (AvgIpc) is 2.48. The maximum absolute atomic E-state index is 12.0. The fourth-order valence-electron chi connectivity index (χ4n) is 1.53. The van der Waals surface area contributed by atoms with Gasteiger partial charge in [-0.2, -0.15) is 0 Å². The second-order valence-corrected chi connectivity index (χ2v) is 4.80. The van der Waals surface area contributed by atoms with Crippen LogP contribution in [0.25, 0.3) is 0 Å². The summed E-state index contributed by atoms with van der Waals surface area (Å²) in [6.07, 6.45) is 3.16. The van der Waals surface area contributed by atoms with E-state index < -0.39 is 5.97 Å². The number of hydrogen-bond acceptors (Lipinski definition) is 4. The van der Waals surface area contributed by atoms with E-state index in [2.05, 4.69) is 10.3 Å². The molecule has 0 saturated carbocycles. The molecule has 0 aliphatic rings. The first kappa shape index (κ1) is 14.1. The third kappa shape index (κ3) is 3.36. The van der Waals surface area contributed by atoms with Crippen molar-refractivity contribution >= 4 is 29.5 Å². The van der Waals surface area contributed by atoms with Crippen molar-refractivity contribution in [1.82, 2.24) is 4.98 Å². The summed E-state index contributed by atoms with van der Waals surface area (Å²) in [6, 6.07) is 10.0. The first-order valence-electron chi connectivity index (χ1n) is 5.75. The summed E-state index contributed by atoms with van der Waals surface area (Å²) in [4.78, 5) is 27.6. The van der Waals surface area contributed by atoms with Gasteiger partial charge < -0.3 is 10.4 Å². The number of benzene rings is 1. The molecule has 0 fully saturated rings. The van der Waals surface area contributed by atoms with Gasteiger partial charge in [-0.05, 0) is 42.7 Å². The molecule has 1 amide bonds. The van der Waals surface area contributed by atoms with Crippen LogP contribution in [0.15, 0.2) is 47.5 Å². The number of carboxylic acid groups (broad SMARTS) is 1. The molecule has 0 aliphatic carbocycles. The second-order valence-electron chi connectivity index (χ2n) is 3.92. The molecule has 5 nitrogen and oxygen atoms in total. The molecule has 2 N–H and O–H groups in total. The summed E-state index contributed by atoms with van der Waals surface area (Å²) in [5.41, 5.74) is 0.597. The maximum Gasteiger partial charge on any atom is 0.337 e. The number of nitrogens with one attached hydrogen (secondary N) is 1. The van der Waals surface area contributed by atoms with E-state index in [1.807, 2.05) is 18.4 Å². The normalized spacial score (nSPS) is 10.1. The Hall–Kier alpha value is -2.34. The molecule has 2 aromatic rings. The van der Waals surface area contributed by atoms with Crippen LogP contribution in [0.5, 0.6) is 0 Å². The zero-order chi connectivity index (χ0) is 14.5. The zero-order valence-electron chi connectivity index (χ0n) is 10.7. The SMILES string of the molecule is CSc1ccc(C(=O)Nc2ccc(C(=O)O)cn2)cc1. The van der Waals surface area contributed by atoms with Gasteiger partial charge in [-0.3, -0.25) is 4.79 Å². The number of carboxylic acids is 1. The lowest BCUT2D eigenvalue weighted by molar-refractivity contribution is 0.0696. The minimum absolute atomic E-state index is 0.0762. The minimum Gasteiger partial charge on any atom is -0.478 e. The van der Waals surface area contributed by atoms with Crippen molar-refractivity contribution in [2.75, 3.05) is 11.6 Å². The van der Waals surface area contributed by atoms with Crippen molar-refractivity contribution in [1.29, 1.82) is 0 Å². The number of amides is 1. The van der Waals surface area contributed by atoms with E-state index in [0.29, 0.717) is 11.4 Å². The van der Waals surface area contributed by atoms with Gasteiger partial charge in [0.15, 0.2) is 0 Å². The standard InChI is InChI=1S/C14H12N2O3S/c1-20-11-5-2-9(3-6-11)13(17)16-12-7-4-10(8-15-12)14(18)19/h2-8H,1H3,(H,18,19)(H,15,16,17). The molecule has 1 aromatic carbocycles. The Morgan fingerprint density at radius 3 is 2.25 bits per heavy atom. The van der Waals surface area contributed by atoms with Crippen LogP contribution in [-0.4, -0.2) is 28.2 Å². The fraction of sp³-hybridized carbons (Fsp3) is 0.0714. The van der Waals surface area contributed by atoms with Gasteiger partial charge in [0.2, 0.25) is 0 Å². The number of nitrogens with zero attached hydrogens (tertiary/aromatic N) is 1. The lowest BCUT2D eigenvalue weighted by Gasteiger charge is -2.05. The smallest absolute Gasteiger partial charge is 0.337 e. The fourth-order valence-corrected chi connectivity index (χ4v) is 1.93. The van der Waals surface area contributed by atoms with E-state index in [1.165, 1.54) is 18.3 Å². The van der Waals surface area contributed by atoms with Crippen molar-refractivity contribution in [3.63, 3.8) is 0 Å². The van der Waals surface area contributed by atoms with Gasteiger partial charge in [0.1, 0.15) is 5.82 Å². The summed E-state index contributed by atoms with van der Waals surface area (Å²) >= 11 is 1.60. The van der Waals surface area contributed by atoms with Gasteiger partial charge in [0.05, 0.1) is 5.56 Å². The van der Waals surface area contributed by atoms with Gasteiger partial charge in [-0.1, -0.05) is 0 Å². The second kappa shape index (κ2) is 6.21. The summed E-state index contributed by atoms with van der Waals surface area (Å²) < 4.78 is 0. The molecule has 0 unspecified atom stereocenters. The number of carbonyl (C=O) groups excluding carboxylic acids is 1. The van der Waals surface area contributed by atoms with Crippen LogP contribution < -0.4 is 5.32 Å². The Labute approximate surface area is 120 Å². The summed E-state index contributed by atoms with van der Waals surface area (Å²) in [7, 11) is 0. The van der Waals surface area contributed by atoms with Crippen LogP contribution in [0.3, 0.4) is 0 Å². The van der Waals surface area contributed by atoms with Crippen LogP contribution in [0.4, 0.5) is 5.82 Å².